The molecule has 2 aliphatic rings. The minimum atomic E-state index is -2.40. The summed E-state index contributed by atoms with van der Waals surface area (Å²) < 4.78 is 30.7. The fourth-order valence-corrected chi connectivity index (χ4v) is 5.98. The molecule has 232 valence electrons. The Hall–Kier alpha value is -3.22. The first-order chi connectivity index (χ1) is 20.3. The molecule has 1 unspecified atom stereocenters. The highest BCUT2D eigenvalue weighted by atomic mass is 35.5. The molecule has 0 aromatic heterocycles. The second-order valence-electron chi connectivity index (χ2n) is 12.1. The number of carbonyl (C=O) groups excluding carboxylic acids is 3. The Bertz CT molecular complexity index is 1320. The lowest BCUT2D eigenvalue weighted by Crippen LogP contribution is -2.56. The van der Waals surface area contributed by atoms with Crippen molar-refractivity contribution in [2.24, 2.45) is 0 Å². The van der Waals surface area contributed by atoms with Crippen LogP contribution in [-0.2, 0) is 28.2 Å². The fraction of sp³-hybridized carbons (Fsp3) is 0.452. The minimum Gasteiger partial charge on any atom is -0.459 e. The summed E-state index contributed by atoms with van der Waals surface area (Å²) in [4.78, 5) is 40.2. The monoisotopic (exact) mass is 630 g/mol. The molecule has 0 saturated carbocycles. The smallest absolute Gasteiger partial charge is 0.338 e. The van der Waals surface area contributed by atoms with Gasteiger partial charge in [-0.15, -0.1) is 11.6 Å². The molecule has 1 saturated heterocycles. The van der Waals surface area contributed by atoms with Crippen LogP contribution in [0.1, 0.15) is 41.5 Å². The number of hydrogen-bond donors (Lipinski definition) is 1. The molecule has 12 heteroatoms. The highest BCUT2D eigenvalue weighted by Crippen LogP contribution is 2.43. The van der Waals surface area contributed by atoms with Crippen molar-refractivity contribution in [1.82, 2.24) is 10.2 Å². The van der Waals surface area contributed by atoms with Crippen molar-refractivity contribution in [3.63, 3.8) is 0 Å². The van der Waals surface area contributed by atoms with Gasteiger partial charge in [-0.1, -0.05) is 57.2 Å². The average Bonchev–Trinajstić information content (AvgIpc) is 3.26. The minimum absolute atomic E-state index is 0.0837. The molecule has 0 bridgehead atoms. The normalized spacial score (nSPS) is 25.7. The van der Waals surface area contributed by atoms with Gasteiger partial charge in [-0.25, -0.2) is 9.59 Å². The number of esters is 2. The first-order valence-corrected chi connectivity index (χ1v) is 17.4. The third-order valence-corrected chi connectivity index (χ3v) is 13.0. The number of benzene rings is 2. The summed E-state index contributed by atoms with van der Waals surface area (Å²) in [6, 6.07) is 17.0. The van der Waals surface area contributed by atoms with Crippen LogP contribution in [0.2, 0.25) is 18.1 Å². The SMILES string of the molecule is COC1NC(=O)C=CN1[C@@H]1O[C@@](COC(=O)c2ccccc2)(CO[Si](C)(C)C(C)(C)C)[C@@H](OC(=O)c2ccccc2)[C@H]1Cl. The third kappa shape index (κ3) is 7.30. The maximum Gasteiger partial charge on any atom is 0.338 e. The molecular weight excluding hydrogens is 592 g/mol. The van der Waals surface area contributed by atoms with Gasteiger partial charge < -0.3 is 33.6 Å². The Morgan fingerprint density at radius 2 is 1.58 bits per heavy atom. The second-order valence-corrected chi connectivity index (χ2v) is 17.4. The van der Waals surface area contributed by atoms with Gasteiger partial charge in [0.1, 0.15) is 12.0 Å². The van der Waals surface area contributed by atoms with E-state index < -0.39 is 49.9 Å². The maximum absolute atomic E-state index is 13.4. The number of ether oxygens (including phenoxy) is 4. The summed E-state index contributed by atoms with van der Waals surface area (Å²) in [5, 5.41) is 1.53. The number of methoxy groups -OCH3 is 1. The number of halogens is 1. The largest absolute Gasteiger partial charge is 0.459 e. The Labute approximate surface area is 258 Å². The van der Waals surface area contributed by atoms with E-state index in [2.05, 4.69) is 39.2 Å². The molecule has 2 aromatic carbocycles. The molecule has 0 spiro atoms. The molecule has 5 atom stereocenters. The molecule has 2 heterocycles. The lowest BCUT2D eigenvalue weighted by molar-refractivity contribution is -0.186. The molecule has 43 heavy (non-hydrogen) atoms. The summed E-state index contributed by atoms with van der Waals surface area (Å²) in [6.07, 6.45) is -0.212. The highest BCUT2D eigenvalue weighted by Gasteiger charge is 2.61. The van der Waals surface area contributed by atoms with E-state index in [-0.39, 0.29) is 24.2 Å². The summed E-state index contributed by atoms with van der Waals surface area (Å²) >= 11 is 7.09. The van der Waals surface area contributed by atoms with E-state index in [0.717, 1.165) is 0 Å². The van der Waals surface area contributed by atoms with Crippen molar-refractivity contribution < 1.29 is 37.8 Å². The van der Waals surface area contributed by atoms with Gasteiger partial charge in [0.25, 0.3) is 0 Å². The van der Waals surface area contributed by atoms with Crippen LogP contribution in [0.3, 0.4) is 0 Å². The van der Waals surface area contributed by atoms with Gasteiger partial charge in [0, 0.05) is 19.4 Å². The van der Waals surface area contributed by atoms with Crippen LogP contribution < -0.4 is 5.32 Å². The molecule has 10 nitrogen and oxygen atoms in total. The van der Waals surface area contributed by atoms with Gasteiger partial charge in [-0.2, -0.15) is 0 Å². The van der Waals surface area contributed by atoms with E-state index in [1.165, 1.54) is 19.4 Å². The number of carbonyl (C=O) groups is 3. The second kappa shape index (κ2) is 13.2. The summed E-state index contributed by atoms with van der Waals surface area (Å²) in [7, 11) is -0.971. The number of nitrogens with one attached hydrogen (secondary N) is 1. The van der Waals surface area contributed by atoms with Crippen LogP contribution in [0, 0.1) is 0 Å². The molecule has 2 aromatic rings. The first kappa shape index (κ1) is 32.7. The summed E-state index contributed by atoms with van der Waals surface area (Å²) in [5.74, 6) is -1.57. The summed E-state index contributed by atoms with van der Waals surface area (Å²) in [5.41, 5.74) is -0.858. The zero-order valence-electron chi connectivity index (χ0n) is 25.2. The zero-order valence-corrected chi connectivity index (χ0v) is 27.0. The predicted octanol–water partition coefficient (Wildman–Crippen LogP) is 4.67. The molecule has 1 fully saturated rings. The molecule has 1 amide bonds. The van der Waals surface area contributed by atoms with Crippen molar-refractivity contribution >= 4 is 37.8 Å². The molecule has 2 aliphatic heterocycles. The van der Waals surface area contributed by atoms with Gasteiger partial charge in [-0.05, 0) is 42.4 Å². The molecule has 1 N–H and O–H groups in total. The van der Waals surface area contributed by atoms with Gasteiger partial charge in [0.15, 0.2) is 26.3 Å². The van der Waals surface area contributed by atoms with E-state index in [9.17, 15) is 14.4 Å². The predicted molar refractivity (Wildman–Crippen MR) is 163 cm³/mol. The quantitative estimate of drug-likeness (QED) is 0.227. The fourth-order valence-electron chi connectivity index (χ4n) is 4.48. The summed E-state index contributed by atoms with van der Waals surface area (Å²) in [6.45, 7) is 10.0. The van der Waals surface area contributed by atoms with Crippen LogP contribution in [0.25, 0.3) is 0 Å². The first-order valence-electron chi connectivity index (χ1n) is 14.0. The number of alkyl halides is 1. The molecule has 4 rings (SSSR count). The van der Waals surface area contributed by atoms with E-state index >= 15 is 0 Å². The van der Waals surface area contributed by atoms with E-state index in [0.29, 0.717) is 11.1 Å². The Morgan fingerprint density at radius 1 is 1.00 bits per heavy atom. The average molecular weight is 631 g/mol. The highest BCUT2D eigenvalue weighted by molar-refractivity contribution is 6.74. The van der Waals surface area contributed by atoms with E-state index in [4.69, 9.17) is 35.0 Å². The third-order valence-electron chi connectivity index (χ3n) is 8.07. The van der Waals surface area contributed by atoms with E-state index in [1.807, 2.05) is 0 Å². The zero-order chi connectivity index (χ0) is 31.4. The molecule has 0 radical (unpaired) electrons. The Morgan fingerprint density at radius 3 is 2.14 bits per heavy atom. The van der Waals surface area contributed by atoms with Crippen molar-refractivity contribution in [3.8, 4) is 0 Å². The van der Waals surface area contributed by atoms with Crippen molar-refractivity contribution in [2.75, 3.05) is 20.3 Å². The Kier molecular flexibility index (Phi) is 10.0. The number of amides is 1. The van der Waals surface area contributed by atoms with Crippen LogP contribution >= 0.6 is 11.6 Å². The van der Waals surface area contributed by atoms with Gasteiger partial charge in [0.05, 0.1) is 17.7 Å². The number of rotatable bonds is 10. The van der Waals surface area contributed by atoms with Crippen molar-refractivity contribution in [1.29, 1.82) is 0 Å². The lowest BCUT2D eigenvalue weighted by Gasteiger charge is -2.41. The van der Waals surface area contributed by atoms with E-state index in [1.54, 1.807) is 65.6 Å². The van der Waals surface area contributed by atoms with Crippen LogP contribution in [0.4, 0.5) is 0 Å². The van der Waals surface area contributed by atoms with Gasteiger partial charge >= 0.3 is 11.9 Å². The lowest BCUT2D eigenvalue weighted by atomic mass is 9.97. The molecular formula is C31H39ClN2O8Si. The van der Waals surface area contributed by atoms with Crippen LogP contribution in [0.5, 0.6) is 0 Å². The van der Waals surface area contributed by atoms with Crippen molar-refractivity contribution in [2.45, 2.75) is 68.6 Å². The van der Waals surface area contributed by atoms with Crippen LogP contribution in [0.15, 0.2) is 72.9 Å². The van der Waals surface area contributed by atoms with Crippen LogP contribution in [-0.4, -0.2) is 81.0 Å². The Balaban J connectivity index is 1.75. The standard InChI is InChI=1S/C31H39ClN2O8Si/c1-30(2,3)43(5,6)40-20-31(19-39-27(36)21-13-9-7-10-14-21)25(41-28(37)22-15-11-8-12-16-22)24(32)26(42-31)34-18-17-23(35)33-29(34)38-4/h7-18,24-26,29H,19-20H2,1-6H3,(H,33,35)/t24-,25+,26-,29?,31+/m1/s1. The number of nitrogens with zero attached hydrogens (tertiary/aromatic N) is 1. The maximum atomic E-state index is 13.4. The molecule has 0 aliphatic carbocycles. The van der Waals surface area contributed by atoms with Gasteiger partial charge in [-0.3, -0.25) is 4.79 Å². The number of hydrogen-bond acceptors (Lipinski definition) is 9. The van der Waals surface area contributed by atoms with Crippen molar-refractivity contribution in [3.05, 3.63) is 84.1 Å². The topological polar surface area (TPSA) is 113 Å². The van der Waals surface area contributed by atoms with Gasteiger partial charge in [0.2, 0.25) is 12.3 Å².